The molecule has 1 aliphatic carbocycles. The Hall–Kier alpha value is -1.68. The summed E-state index contributed by atoms with van der Waals surface area (Å²) in [4.78, 5) is 11.7. The maximum absolute atomic E-state index is 13.4. The number of hydrogen-bond acceptors (Lipinski definition) is 2. The van der Waals surface area contributed by atoms with Crippen molar-refractivity contribution in [2.45, 2.75) is 38.2 Å². The van der Waals surface area contributed by atoms with E-state index in [1.165, 1.54) is 18.9 Å². The number of carbonyl (C=O) groups is 1. The fourth-order valence-electron chi connectivity index (χ4n) is 2.70. The molecule has 2 N–H and O–H groups in total. The summed E-state index contributed by atoms with van der Waals surface area (Å²) in [5, 5.41) is 12.7. The van der Waals surface area contributed by atoms with Crippen molar-refractivity contribution in [3.05, 3.63) is 41.7 Å². The van der Waals surface area contributed by atoms with Crippen molar-refractivity contribution in [3.63, 3.8) is 0 Å². The van der Waals surface area contributed by atoms with Crippen molar-refractivity contribution in [3.8, 4) is 0 Å². The average molecular weight is 291 g/mol. The number of rotatable bonds is 6. The highest BCUT2D eigenvalue weighted by Gasteiger charge is 2.23. The summed E-state index contributed by atoms with van der Waals surface area (Å²) in [6.45, 7) is 0.303. The zero-order chi connectivity index (χ0) is 15.1. The Morgan fingerprint density at radius 2 is 2.10 bits per heavy atom. The van der Waals surface area contributed by atoms with E-state index in [-0.39, 0.29) is 18.1 Å². The number of hydrogen-bond donors (Lipinski definition) is 2. The molecular formula is C17H22FNO2. The Balaban J connectivity index is 1.71. The van der Waals surface area contributed by atoms with Gasteiger partial charge in [0.2, 0.25) is 5.91 Å². The van der Waals surface area contributed by atoms with E-state index in [2.05, 4.69) is 5.32 Å². The fraction of sp³-hybridized carbons (Fsp3) is 0.471. The van der Waals surface area contributed by atoms with Crippen LogP contribution in [0.2, 0.25) is 0 Å². The third-order valence-corrected chi connectivity index (χ3v) is 3.96. The first-order valence-corrected chi connectivity index (χ1v) is 7.52. The van der Waals surface area contributed by atoms with Crippen molar-refractivity contribution >= 4 is 12.0 Å². The quantitative estimate of drug-likeness (QED) is 0.846. The van der Waals surface area contributed by atoms with Gasteiger partial charge in [0, 0.05) is 18.5 Å². The maximum atomic E-state index is 13.4. The van der Waals surface area contributed by atoms with Gasteiger partial charge in [0.1, 0.15) is 5.82 Å². The summed E-state index contributed by atoms with van der Waals surface area (Å²) >= 11 is 0. The van der Waals surface area contributed by atoms with Gasteiger partial charge in [-0.15, -0.1) is 0 Å². The number of halogens is 1. The lowest BCUT2D eigenvalue weighted by atomic mass is 10.0. The number of nitrogens with one attached hydrogen (secondary N) is 1. The highest BCUT2D eigenvalue weighted by Crippen LogP contribution is 2.27. The predicted molar refractivity (Wildman–Crippen MR) is 81.0 cm³/mol. The van der Waals surface area contributed by atoms with Crippen LogP contribution in [0.1, 0.15) is 37.7 Å². The van der Waals surface area contributed by atoms with Gasteiger partial charge in [-0.1, -0.05) is 43.2 Å². The van der Waals surface area contributed by atoms with Crippen molar-refractivity contribution in [1.82, 2.24) is 5.32 Å². The van der Waals surface area contributed by atoms with E-state index in [9.17, 15) is 14.3 Å². The molecule has 0 aliphatic heterocycles. The number of carbonyl (C=O) groups excluding carboxylic acids is 1. The average Bonchev–Trinajstić information content (AvgIpc) is 3.01. The van der Waals surface area contributed by atoms with E-state index in [0.29, 0.717) is 18.0 Å². The Labute approximate surface area is 124 Å². The summed E-state index contributed by atoms with van der Waals surface area (Å²) in [5.41, 5.74) is 0.469. The first kappa shape index (κ1) is 15.7. The van der Waals surface area contributed by atoms with E-state index in [1.807, 2.05) is 0 Å². The molecule has 0 aromatic heterocycles. The molecule has 2 rings (SSSR count). The van der Waals surface area contributed by atoms with Crippen LogP contribution >= 0.6 is 0 Å². The van der Waals surface area contributed by atoms with Gasteiger partial charge in [-0.3, -0.25) is 4.79 Å². The molecule has 114 valence electrons. The number of aliphatic hydroxyl groups is 1. The third-order valence-electron chi connectivity index (χ3n) is 3.96. The highest BCUT2D eigenvalue weighted by molar-refractivity contribution is 5.78. The minimum atomic E-state index is -0.452. The first-order chi connectivity index (χ1) is 10.2. The molecule has 1 fully saturated rings. The minimum absolute atomic E-state index is 0.153. The standard InChI is InChI=1S/C17H22FNO2/c18-15-10-4-3-6-13(15)9-5-11-17(21)19-12-16(20)14-7-1-2-8-14/h3-6,9-10,14,16,20H,1-2,7-8,11-12H2,(H,19,21)/b9-5+. The zero-order valence-corrected chi connectivity index (χ0v) is 12.1. The molecule has 1 aliphatic rings. The molecule has 3 nitrogen and oxygen atoms in total. The fourth-order valence-corrected chi connectivity index (χ4v) is 2.70. The van der Waals surface area contributed by atoms with Crippen LogP contribution < -0.4 is 5.32 Å². The van der Waals surface area contributed by atoms with Crippen LogP contribution in [-0.2, 0) is 4.79 Å². The zero-order valence-electron chi connectivity index (χ0n) is 12.1. The summed E-state index contributed by atoms with van der Waals surface area (Å²) in [5.74, 6) is -0.135. The molecule has 21 heavy (non-hydrogen) atoms. The second-order valence-electron chi connectivity index (χ2n) is 5.54. The molecule has 0 heterocycles. The lowest BCUT2D eigenvalue weighted by Crippen LogP contribution is -2.35. The van der Waals surface area contributed by atoms with Gasteiger partial charge < -0.3 is 10.4 Å². The van der Waals surface area contributed by atoms with Gasteiger partial charge in [0.15, 0.2) is 0 Å². The largest absolute Gasteiger partial charge is 0.391 e. The Kier molecular flexibility index (Phi) is 5.93. The van der Waals surface area contributed by atoms with Crippen LogP contribution in [0.15, 0.2) is 30.3 Å². The maximum Gasteiger partial charge on any atom is 0.223 e. The Morgan fingerprint density at radius 1 is 1.38 bits per heavy atom. The van der Waals surface area contributed by atoms with Crippen molar-refractivity contribution in [1.29, 1.82) is 0 Å². The molecule has 0 spiro atoms. The normalized spacial score (nSPS) is 17.2. The summed E-state index contributed by atoms with van der Waals surface area (Å²) in [6, 6.07) is 6.43. The Morgan fingerprint density at radius 3 is 2.81 bits per heavy atom. The minimum Gasteiger partial charge on any atom is -0.391 e. The third kappa shape index (κ3) is 4.97. The molecule has 4 heteroatoms. The summed E-state index contributed by atoms with van der Waals surface area (Å²) in [6.07, 6.45) is 7.40. The van der Waals surface area contributed by atoms with E-state index < -0.39 is 6.10 Å². The second kappa shape index (κ2) is 7.93. The monoisotopic (exact) mass is 291 g/mol. The van der Waals surface area contributed by atoms with Gasteiger partial charge in [-0.25, -0.2) is 4.39 Å². The van der Waals surface area contributed by atoms with Crippen LogP contribution in [0.3, 0.4) is 0 Å². The van der Waals surface area contributed by atoms with Gasteiger partial charge in [0.25, 0.3) is 0 Å². The van der Waals surface area contributed by atoms with Crippen molar-refractivity contribution in [2.75, 3.05) is 6.54 Å². The lowest BCUT2D eigenvalue weighted by Gasteiger charge is -2.17. The van der Waals surface area contributed by atoms with Crippen LogP contribution in [0.5, 0.6) is 0 Å². The molecule has 1 aromatic rings. The van der Waals surface area contributed by atoms with E-state index >= 15 is 0 Å². The van der Waals surface area contributed by atoms with Gasteiger partial charge in [-0.05, 0) is 24.8 Å². The molecule has 0 radical (unpaired) electrons. The number of amides is 1. The van der Waals surface area contributed by atoms with Crippen LogP contribution in [0.25, 0.3) is 6.08 Å². The van der Waals surface area contributed by atoms with Crippen molar-refractivity contribution < 1.29 is 14.3 Å². The van der Waals surface area contributed by atoms with Gasteiger partial charge in [0.05, 0.1) is 6.10 Å². The van der Waals surface area contributed by atoms with Gasteiger partial charge in [-0.2, -0.15) is 0 Å². The van der Waals surface area contributed by atoms with E-state index in [0.717, 1.165) is 12.8 Å². The predicted octanol–water partition coefficient (Wildman–Crippen LogP) is 2.90. The topological polar surface area (TPSA) is 49.3 Å². The molecule has 1 saturated carbocycles. The van der Waals surface area contributed by atoms with Crippen LogP contribution in [0.4, 0.5) is 4.39 Å². The highest BCUT2D eigenvalue weighted by atomic mass is 19.1. The first-order valence-electron chi connectivity index (χ1n) is 7.52. The molecule has 0 bridgehead atoms. The molecule has 1 unspecified atom stereocenters. The Bertz CT molecular complexity index is 495. The van der Waals surface area contributed by atoms with Crippen LogP contribution in [-0.4, -0.2) is 23.7 Å². The smallest absolute Gasteiger partial charge is 0.223 e. The lowest BCUT2D eigenvalue weighted by molar-refractivity contribution is -0.120. The molecule has 1 amide bonds. The molecule has 1 aromatic carbocycles. The second-order valence-corrected chi connectivity index (χ2v) is 5.54. The molecule has 0 saturated heterocycles. The molecule has 1 atom stereocenters. The van der Waals surface area contributed by atoms with E-state index in [4.69, 9.17) is 0 Å². The summed E-state index contributed by atoms with van der Waals surface area (Å²) < 4.78 is 13.4. The number of aliphatic hydroxyl groups excluding tert-OH is 1. The van der Waals surface area contributed by atoms with Crippen LogP contribution in [0, 0.1) is 11.7 Å². The SMILES string of the molecule is O=C(C/C=C/c1ccccc1F)NCC(O)C1CCCC1. The van der Waals surface area contributed by atoms with Gasteiger partial charge >= 0.3 is 0 Å². The molecular weight excluding hydrogens is 269 g/mol. The number of benzene rings is 1. The summed E-state index contributed by atoms with van der Waals surface area (Å²) in [7, 11) is 0. The van der Waals surface area contributed by atoms with Crippen molar-refractivity contribution in [2.24, 2.45) is 5.92 Å². The van der Waals surface area contributed by atoms with E-state index in [1.54, 1.807) is 30.4 Å².